The van der Waals surface area contributed by atoms with Gasteiger partial charge < -0.3 is 14.2 Å². The number of rotatable bonds is 6. The van der Waals surface area contributed by atoms with Gasteiger partial charge in [-0.15, -0.1) is 11.3 Å². The van der Waals surface area contributed by atoms with Crippen molar-refractivity contribution in [3.8, 4) is 17.0 Å². The number of thiazole rings is 1. The first-order valence-corrected chi connectivity index (χ1v) is 8.72. The summed E-state index contributed by atoms with van der Waals surface area (Å²) in [5.74, 6) is -0.159. The van der Waals surface area contributed by atoms with Gasteiger partial charge in [-0.05, 0) is 37.1 Å². The number of hydrogen-bond acceptors (Lipinski definition) is 7. The Hall–Kier alpha value is -2.45. The highest BCUT2D eigenvalue weighted by Crippen LogP contribution is 2.26. The van der Waals surface area contributed by atoms with E-state index in [4.69, 9.17) is 14.2 Å². The van der Waals surface area contributed by atoms with Crippen molar-refractivity contribution < 1.29 is 23.8 Å². The topological polar surface area (TPSA) is 86.8 Å². The predicted octanol–water partition coefficient (Wildman–Crippen LogP) is 2.48. The van der Waals surface area contributed by atoms with Crippen molar-refractivity contribution in [2.24, 2.45) is 0 Å². The molecule has 1 aromatic heterocycles. The van der Waals surface area contributed by atoms with Gasteiger partial charge in [0.05, 0.1) is 12.8 Å². The van der Waals surface area contributed by atoms with Crippen LogP contribution in [-0.4, -0.2) is 43.3 Å². The molecule has 25 heavy (non-hydrogen) atoms. The molecule has 1 aliphatic rings. The molecule has 8 heteroatoms. The summed E-state index contributed by atoms with van der Waals surface area (Å²) in [5.41, 5.74) is 1.67. The zero-order chi connectivity index (χ0) is 17.6. The standard InChI is InChI=1S/C17H18N2O5S/c1-22-12-6-4-11(5-7-12)13-10-25-17(18-13)19-15(20)9-24-16(21)14-3-2-8-23-14/h4-7,10,14H,2-3,8-9H2,1H3,(H,18,19,20)/t14-/m1/s1. The average molecular weight is 362 g/mol. The summed E-state index contributed by atoms with van der Waals surface area (Å²) < 4.78 is 15.3. The van der Waals surface area contributed by atoms with E-state index in [0.717, 1.165) is 23.4 Å². The monoisotopic (exact) mass is 362 g/mol. The van der Waals surface area contributed by atoms with Gasteiger partial charge in [-0.3, -0.25) is 10.1 Å². The molecule has 132 valence electrons. The molecule has 0 aliphatic carbocycles. The smallest absolute Gasteiger partial charge is 0.335 e. The van der Waals surface area contributed by atoms with E-state index in [1.165, 1.54) is 11.3 Å². The normalized spacial score (nSPS) is 16.4. The third-order valence-corrected chi connectivity index (χ3v) is 4.43. The van der Waals surface area contributed by atoms with Gasteiger partial charge in [-0.25, -0.2) is 9.78 Å². The summed E-state index contributed by atoms with van der Waals surface area (Å²) in [6.07, 6.45) is 0.923. The van der Waals surface area contributed by atoms with Crippen molar-refractivity contribution in [3.63, 3.8) is 0 Å². The lowest BCUT2D eigenvalue weighted by molar-refractivity contribution is -0.156. The van der Waals surface area contributed by atoms with Gasteiger partial charge in [0.1, 0.15) is 5.75 Å². The Balaban J connectivity index is 1.51. The number of methoxy groups -OCH3 is 1. The Morgan fingerprint density at radius 2 is 2.16 bits per heavy atom. The van der Waals surface area contributed by atoms with Crippen LogP contribution in [0.3, 0.4) is 0 Å². The Bertz CT molecular complexity index is 738. The van der Waals surface area contributed by atoms with Crippen LogP contribution in [0.1, 0.15) is 12.8 Å². The van der Waals surface area contributed by atoms with E-state index in [0.29, 0.717) is 18.2 Å². The van der Waals surface area contributed by atoms with Crippen LogP contribution in [0.5, 0.6) is 5.75 Å². The van der Waals surface area contributed by atoms with Crippen molar-refractivity contribution >= 4 is 28.3 Å². The van der Waals surface area contributed by atoms with Gasteiger partial charge >= 0.3 is 5.97 Å². The minimum atomic E-state index is -0.547. The number of hydrogen-bond donors (Lipinski definition) is 1. The fourth-order valence-electron chi connectivity index (χ4n) is 2.37. The number of anilines is 1. The number of nitrogens with zero attached hydrogens (tertiary/aromatic N) is 1. The van der Waals surface area contributed by atoms with Crippen molar-refractivity contribution in [2.75, 3.05) is 25.6 Å². The van der Waals surface area contributed by atoms with Gasteiger partial charge in [0, 0.05) is 17.6 Å². The molecule has 0 saturated carbocycles. The highest BCUT2D eigenvalue weighted by molar-refractivity contribution is 7.14. The second-order valence-corrected chi connectivity index (χ2v) is 6.28. The fourth-order valence-corrected chi connectivity index (χ4v) is 3.11. The molecular weight excluding hydrogens is 344 g/mol. The van der Waals surface area contributed by atoms with Crippen molar-refractivity contribution in [1.82, 2.24) is 4.98 Å². The summed E-state index contributed by atoms with van der Waals surface area (Å²) >= 11 is 1.30. The molecule has 3 rings (SSSR count). The van der Waals surface area contributed by atoms with Crippen molar-refractivity contribution in [2.45, 2.75) is 18.9 Å². The molecule has 0 spiro atoms. The Labute approximate surface area is 148 Å². The zero-order valence-electron chi connectivity index (χ0n) is 13.7. The number of esters is 1. The molecular formula is C17H18N2O5S. The van der Waals surface area contributed by atoms with Crippen LogP contribution in [-0.2, 0) is 19.1 Å². The number of ether oxygens (including phenoxy) is 3. The molecule has 1 saturated heterocycles. The predicted molar refractivity (Wildman–Crippen MR) is 92.7 cm³/mol. The number of aromatic nitrogens is 1. The molecule has 1 fully saturated rings. The second-order valence-electron chi connectivity index (χ2n) is 5.42. The summed E-state index contributed by atoms with van der Waals surface area (Å²) in [7, 11) is 1.61. The van der Waals surface area contributed by atoms with Crippen LogP contribution < -0.4 is 10.1 Å². The Kier molecular flexibility index (Phi) is 5.62. The fraction of sp³-hybridized carbons (Fsp3) is 0.353. The van der Waals surface area contributed by atoms with E-state index in [2.05, 4.69) is 10.3 Å². The highest BCUT2D eigenvalue weighted by Gasteiger charge is 2.25. The lowest BCUT2D eigenvalue weighted by Crippen LogP contribution is -2.27. The summed E-state index contributed by atoms with van der Waals surface area (Å²) in [6, 6.07) is 7.47. The van der Waals surface area contributed by atoms with Crippen LogP contribution in [0.2, 0.25) is 0 Å². The maximum atomic E-state index is 11.9. The lowest BCUT2D eigenvalue weighted by Gasteiger charge is -2.08. The molecule has 1 aromatic carbocycles. The highest BCUT2D eigenvalue weighted by atomic mass is 32.1. The van der Waals surface area contributed by atoms with Gasteiger partial charge in [0.15, 0.2) is 17.8 Å². The molecule has 2 aromatic rings. The summed E-state index contributed by atoms with van der Waals surface area (Å²) in [5, 5.41) is 4.92. The van der Waals surface area contributed by atoms with Gasteiger partial charge in [-0.1, -0.05) is 0 Å². The number of nitrogens with one attached hydrogen (secondary N) is 1. The third-order valence-electron chi connectivity index (χ3n) is 3.67. The van der Waals surface area contributed by atoms with E-state index >= 15 is 0 Å². The molecule has 0 bridgehead atoms. The molecule has 1 aliphatic heterocycles. The zero-order valence-corrected chi connectivity index (χ0v) is 14.5. The van der Waals surface area contributed by atoms with Crippen molar-refractivity contribution in [1.29, 1.82) is 0 Å². The molecule has 1 N–H and O–H groups in total. The molecule has 0 radical (unpaired) electrons. The second kappa shape index (κ2) is 8.09. The summed E-state index contributed by atoms with van der Waals surface area (Å²) in [4.78, 5) is 27.9. The molecule has 7 nitrogen and oxygen atoms in total. The maximum absolute atomic E-state index is 11.9. The van der Waals surface area contributed by atoms with Crippen LogP contribution in [0.25, 0.3) is 11.3 Å². The minimum absolute atomic E-state index is 0.351. The lowest BCUT2D eigenvalue weighted by atomic mass is 10.2. The first kappa shape index (κ1) is 17.4. The van der Waals surface area contributed by atoms with E-state index in [9.17, 15) is 9.59 Å². The number of carbonyl (C=O) groups is 2. The summed E-state index contributed by atoms with van der Waals surface area (Å²) in [6.45, 7) is 0.204. The van der Waals surface area contributed by atoms with E-state index in [1.54, 1.807) is 7.11 Å². The van der Waals surface area contributed by atoms with Gasteiger partial charge in [0.2, 0.25) is 0 Å². The number of carbonyl (C=O) groups excluding carboxylic acids is 2. The van der Waals surface area contributed by atoms with Crippen LogP contribution in [0, 0.1) is 0 Å². The Morgan fingerprint density at radius 1 is 1.36 bits per heavy atom. The SMILES string of the molecule is COc1ccc(-c2csc(NC(=O)COC(=O)[C@H]3CCCO3)n2)cc1. The largest absolute Gasteiger partial charge is 0.497 e. The van der Waals surface area contributed by atoms with E-state index in [1.807, 2.05) is 29.6 Å². The first-order chi connectivity index (χ1) is 12.2. The van der Waals surface area contributed by atoms with Crippen LogP contribution in [0.4, 0.5) is 5.13 Å². The van der Waals surface area contributed by atoms with Crippen LogP contribution >= 0.6 is 11.3 Å². The molecule has 1 amide bonds. The molecule has 1 atom stereocenters. The molecule has 0 unspecified atom stereocenters. The number of amides is 1. The van der Waals surface area contributed by atoms with E-state index in [-0.39, 0.29) is 6.61 Å². The van der Waals surface area contributed by atoms with Crippen LogP contribution in [0.15, 0.2) is 29.6 Å². The van der Waals surface area contributed by atoms with Gasteiger partial charge in [0.25, 0.3) is 5.91 Å². The van der Waals surface area contributed by atoms with Crippen molar-refractivity contribution in [3.05, 3.63) is 29.6 Å². The number of benzene rings is 1. The molecule has 2 heterocycles. The third kappa shape index (κ3) is 4.55. The quantitative estimate of drug-likeness (QED) is 0.795. The minimum Gasteiger partial charge on any atom is -0.497 e. The average Bonchev–Trinajstić information content (AvgIpc) is 3.32. The first-order valence-electron chi connectivity index (χ1n) is 7.84. The maximum Gasteiger partial charge on any atom is 0.335 e. The Morgan fingerprint density at radius 3 is 2.84 bits per heavy atom. The van der Waals surface area contributed by atoms with Gasteiger partial charge in [-0.2, -0.15) is 0 Å². The van der Waals surface area contributed by atoms with E-state index < -0.39 is 18.0 Å².